The van der Waals surface area contributed by atoms with Crippen molar-refractivity contribution in [3.8, 4) is 0 Å². The van der Waals surface area contributed by atoms with Crippen LogP contribution in [-0.2, 0) is 16.0 Å². The molecule has 0 radical (unpaired) electrons. The normalized spacial score (nSPS) is 12.2. The molecule has 1 N–H and O–H groups in total. The number of carbonyl (C=O) groups excluding carboxylic acids is 1. The van der Waals surface area contributed by atoms with Crippen molar-refractivity contribution in [2.45, 2.75) is 33.6 Å². The Bertz CT molecular complexity index is 421. The van der Waals surface area contributed by atoms with Crippen LogP contribution in [0.25, 0.3) is 0 Å². The zero-order valence-electron chi connectivity index (χ0n) is 10.5. The number of carbonyl (C=O) groups is 2. The Morgan fingerprint density at radius 2 is 1.94 bits per heavy atom. The molecule has 0 aromatic heterocycles. The van der Waals surface area contributed by atoms with Gasteiger partial charge in [0, 0.05) is 0 Å². The number of aryl methyl sites for hydroxylation is 3. The quantitative estimate of drug-likeness (QED) is 0.796. The maximum Gasteiger partial charge on any atom is 0.314 e. The lowest BCUT2D eigenvalue weighted by atomic mass is 9.94. The molecule has 0 amide bonds. The molecular formula is C14H18O3. The van der Waals surface area contributed by atoms with E-state index in [0.29, 0.717) is 12.8 Å². The lowest BCUT2D eigenvalue weighted by Gasteiger charge is -2.10. The molecular weight excluding hydrogens is 216 g/mol. The van der Waals surface area contributed by atoms with Crippen LogP contribution in [0.5, 0.6) is 0 Å². The molecule has 0 spiro atoms. The van der Waals surface area contributed by atoms with Gasteiger partial charge in [-0.05, 0) is 44.7 Å². The van der Waals surface area contributed by atoms with E-state index in [4.69, 9.17) is 5.11 Å². The van der Waals surface area contributed by atoms with E-state index in [1.165, 1.54) is 12.5 Å². The highest BCUT2D eigenvalue weighted by Crippen LogP contribution is 2.16. The Morgan fingerprint density at radius 1 is 1.29 bits per heavy atom. The Balaban J connectivity index is 2.72. The molecule has 0 bridgehead atoms. The van der Waals surface area contributed by atoms with Crippen LogP contribution in [0.3, 0.4) is 0 Å². The molecule has 0 saturated heterocycles. The summed E-state index contributed by atoms with van der Waals surface area (Å²) in [5.74, 6) is -2.18. The van der Waals surface area contributed by atoms with Gasteiger partial charge in [-0.1, -0.05) is 23.8 Å². The maximum atomic E-state index is 11.2. The van der Waals surface area contributed by atoms with Crippen LogP contribution >= 0.6 is 0 Å². The average molecular weight is 234 g/mol. The molecule has 0 saturated carbocycles. The third-order valence-electron chi connectivity index (χ3n) is 2.99. The smallest absolute Gasteiger partial charge is 0.314 e. The minimum absolute atomic E-state index is 0.276. The van der Waals surface area contributed by atoms with Crippen LogP contribution in [0, 0.1) is 19.8 Å². The molecule has 0 aliphatic carbocycles. The number of rotatable bonds is 5. The van der Waals surface area contributed by atoms with Crippen LogP contribution in [-0.4, -0.2) is 16.9 Å². The zero-order chi connectivity index (χ0) is 13.0. The molecule has 0 heterocycles. The van der Waals surface area contributed by atoms with Gasteiger partial charge in [-0.3, -0.25) is 9.59 Å². The number of hydrogen-bond acceptors (Lipinski definition) is 2. The fourth-order valence-corrected chi connectivity index (χ4v) is 1.93. The van der Waals surface area contributed by atoms with Gasteiger partial charge in [0.25, 0.3) is 0 Å². The number of Topliss-reactive ketones (excluding diaryl/α,β-unsaturated/α-hetero) is 1. The van der Waals surface area contributed by atoms with Crippen molar-refractivity contribution in [3.05, 3.63) is 34.9 Å². The van der Waals surface area contributed by atoms with E-state index in [9.17, 15) is 9.59 Å². The second-order valence-corrected chi connectivity index (χ2v) is 4.47. The van der Waals surface area contributed by atoms with E-state index in [0.717, 1.165) is 11.1 Å². The van der Waals surface area contributed by atoms with Crippen molar-refractivity contribution >= 4 is 11.8 Å². The van der Waals surface area contributed by atoms with Crippen LogP contribution < -0.4 is 0 Å². The Labute approximate surface area is 101 Å². The molecule has 1 atom stereocenters. The number of ketones is 1. The summed E-state index contributed by atoms with van der Waals surface area (Å²) in [7, 11) is 0. The van der Waals surface area contributed by atoms with E-state index in [2.05, 4.69) is 6.07 Å². The van der Waals surface area contributed by atoms with Crippen molar-refractivity contribution in [2.24, 2.45) is 5.92 Å². The maximum absolute atomic E-state index is 11.2. The second-order valence-electron chi connectivity index (χ2n) is 4.47. The minimum Gasteiger partial charge on any atom is -0.481 e. The molecule has 3 heteroatoms. The van der Waals surface area contributed by atoms with Gasteiger partial charge in [0.15, 0.2) is 0 Å². The first kappa shape index (κ1) is 13.4. The summed E-state index contributed by atoms with van der Waals surface area (Å²) in [4.78, 5) is 22.0. The highest BCUT2D eigenvalue weighted by atomic mass is 16.4. The zero-order valence-corrected chi connectivity index (χ0v) is 10.5. The molecule has 17 heavy (non-hydrogen) atoms. The fourth-order valence-electron chi connectivity index (χ4n) is 1.93. The molecule has 0 fully saturated rings. The Hall–Kier alpha value is -1.64. The van der Waals surface area contributed by atoms with E-state index in [1.54, 1.807) is 0 Å². The lowest BCUT2D eigenvalue weighted by Crippen LogP contribution is -2.22. The average Bonchev–Trinajstić information content (AvgIpc) is 2.20. The lowest BCUT2D eigenvalue weighted by molar-refractivity contribution is -0.145. The molecule has 1 unspecified atom stereocenters. The summed E-state index contributed by atoms with van der Waals surface area (Å²) in [5, 5.41) is 8.91. The van der Waals surface area contributed by atoms with Gasteiger partial charge in [0.2, 0.25) is 0 Å². The van der Waals surface area contributed by atoms with Gasteiger partial charge in [0.05, 0.1) is 0 Å². The Morgan fingerprint density at radius 3 is 2.41 bits per heavy atom. The molecule has 0 aliphatic heterocycles. The summed E-state index contributed by atoms with van der Waals surface area (Å²) >= 11 is 0. The summed E-state index contributed by atoms with van der Waals surface area (Å²) in [6.45, 7) is 5.36. The first-order valence-electron chi connectivity index (χ1n) is 5.71. The molecule has 1 aromatic rings. The molecule has 0 aliphatic rings. The van der Waals surface area contributed by atoms with Crippen molar-refractivity contribution in [1.82, 2.24) is 0 Å². The third-order valence-corrected chi connectivity index (χ3v) is 2.99. The van der Waals surface area contributed by atoms with Crippen molar-refractivity contribution in [2.75, 3.05) is 0 Å². The van der Waals surface area contributed by atoms with Crippen LogP contribution in [0.15, 0.2) is 18.2 Å². The summed E-state index contributed by atoms with van der Waals surface area (Å²) in [6.07, 6.45) is 0.997. The largest absolute Gasteiger partial charge is 0.481 e. The van der Waals surface area contributed by atoms with Crippen LogP contribution in [0.1, 0.15) is 30.0 Å². The van der Waals surface area contributed by atoms with E-state index < -0.39 is 11.9 Å². The third kappa shape index (κ3) is 3.70. The van der Waals surface area contributed by atoms with Gasteiger partial charge in [-0.2, -0.15) is 0 Å². The van der Waals surface area contributed by atoms with E-state index in [1.807, 2.05) is 26.0 Å². The predicted octanol–water partition coefficient (Wildman–Crippen LogP) is 2.53. The standard InChI is InChI=1S/C14H18O3/c1-9-4-5-12(10(2)8-9)6-7-13(11(3)15)14(16)17/h4-5,8,13H,6-7H2,1-3H3,(H,16,17). The van der Waals surface area contributed by atoms with Crippen LogP contribution in [0.4, 0.5) is 0 Å². The number of carboxylic acids is 1. The Kier molecular flexibility index (Phi) is 4.44. The number of hydrogen-bond donors (Lipinski definition) is 1. The number of aliphatic carboxylic acids is 1. The van der Waals surface area contributed by atoms with Gasteiger partial charge in [-0.15, -0.1) is 0 Å². The minimum atomic E-state index is -1.03. The van der Waals surface area contributed by atoms with Crippen molar-refractivity contribution in [3.63, 3.8) is 0 Å². The summed E-state index contributed by atoms with van der Waals surface area (Å²) in [5.41, 5.74) is 3.45. The summed E-state index contributed by atoms with van der Waals surface area (Å²) in [6, 6.07) is 6.08. The molecule has 1 aromatic carbocycles. The number of carboxylic acid groups (broad SMARTS) is 1. The molecule has 1 rings (SSSR count). The van der Waals surface area contributed by atoms with Gasteiger partial charge in [-0.25, -0.2) is 0 Å². The van der Waals surface area contributed by atoms with Gasteiger partial charge < -0.3 is 5.11 Å². The van der Waals surface area contributed by atoms with Crippen LogP contribution in [0.2, 0.25) is 0 Å². The topological polar surface area (TPSA) is 54.4 Å². The predicted molar refractivity (Wildman–Crippen MR) is 66.0 cm³/mol. The number of benzene rings is 1. The molecule has 3 nitrogen and oxygen atoms in total. The first-order valence-corrected chi connectivity index (χ1v) is 5.71. The highest BCUT2D eigenvalue weighted by molar-refractivity contribution is 5.96. The fraction of sp³-hybridized carbons (Fsp3) is 0.429. The monoisotopic (exact) mass is 234 g/mol. The van der Waals surface area contributed by atoms with E-state index >= 15 is 0 Å². The first-order chi connectivity index (χ1) is 7.91. The second kappa shape index (κ2) is 5.62. The SMILES string of the molecule is CC(=O)C(CCc1ccc(C)cc1C)C(=O)O. The highest BCUT2D eigenvalue weighted by Gasteiger charge is 2.22. The van der Waals surface area contributed by atoms with Gasteiger partial charge in [0.1, 0.15) is 11.7 Å². The summed E-state index contributed by atoms with van der Waals surface area (Å²) < 4.78 is 0. The van der Waals surface area contributed by atoms with Gasteiger partial charge >= 0.3 is 5.97 Å². The van der Waals surface area contributed by atoms with Crippen molar-refractivity contribution < 1.29 is 14.7 Å². The van der Waals surface area contributed by atoms with Crippen molar-refractivity contribution in [1.29, 1.82) is 0 Å². The van der Waals surface area contributed by atoms with E-state index in [-0.39, 0.29) is 5.78 Å². The molecule has 92 valence electrons.